The minimum atomic E-state index is -5.05. The van der Waals surface area contributed by atoms with Crippen LogP contribution < -0.4 is 11.5 Å². The van der Waals surface area contributed by atoms with Crippen molar-refractivity contribution in [3.8, 4) is 11.5 Å². The fourth-order valence-electron chi connectivity index (χ4n) is 5.71. The Morgan fingerprint density at radius 2 is 0.914 bits per heavy atom. The van der Waals surface area contributed by atoms with Gasteiger partial charge >= 0.3 is 0 Å². The molecule has 0 spiro atoms. The fraction of sp³-hybridized carbons (Fsp3) is 0.0286. The van der Waals surface area contributed by atoms with Crippen molar-refractivity contribution in [1.82, 2.24) is 0 Å². The predicted molar refractivity (Wildman–Crippen MR) is 213 cm³/mol. The summed E-state index contributed by atoms with van der Waals surface area (Å²) in [4.78, 5) is -2.68. The molecule has 0 unspecified atom stereocenters. The van der Waals surface area contributed by atoms with Crippen LogP contribution in [0.3, 0.4) is 0 Å². The quantitative estimate of drug-likeness (QED) is 0.0325. The Kier molecular flexibility index (Phi) is 10.6. The molecule has 9 N–H and O–H groups in total. The van der Waals surface area contributed by atoms with Crippen LogP contribution in [0.5, 0.6) is 11.5 Å². The van der Waals surface area contributed by atoms with Gasteiger partial charge in [0.1, 0.15) is 26.1 Å². The SMILES string of the molecule is CS(=O)(=O)c1ccc(N=Nc2c(S(=O)(=O)O)cc3ccc(N)cc3c2O)cc1/C=C/c1ccc(N=Nc2c(S(=O)(=O)O)cc3ccc(N)cc3c2O)cc1S(=O)(=O)O. The summed E-state index contributed by atoms with van der Waals surface area (Å²) >= 11 is 0. The Labute approximate surface area is 329 Å². The lowest BCUT2D eigenvalue weighted by Gasteiger charge is -2.10. The number of hydrogen-bond donors (Lipinski definition) is 7. The van der Waals surface area contributed by atoms with Gasteiger partial charge in [-0.05, 0) is 88.6 Å². The first kappa shape index (κ1) is 41.3. The number of phenolic OH excluding ortho intramolecular Hbond substituents is 2. The maximum absolute atomic E-state index is 12.7. The average Bonchev–Trinajstić information content (AvgIpc) is 3.12. The summed E-state index contributed by atoms with van der Waals surface area (Å²) in [7, 11) is -19.0. The summed E-state index contributed by atoms with van der Waals surface area (Å²) in [6.07, 6.45) is 3.15. The summed E-state index contributed by atoms with van der Waals surface area (Å²) in [5, 5.41) is 37.6. The maximum Gasteiger partial charge on any atom is 0.296 e. The number of nitrogens with two attached hydrogens (primary N) is 2. The van der Waals surface area contributed by atoms with E-state index in [0.29, 0.717) is 0 Å². The van der Waals surface area contributed by atoms with E-state index in [4.69, 9.17) is 11.5 Å². The van der Waals surface area contributed by atoms with Gasteiger partial charge in [0.05, 0.1) is 16.3 Å². The molecule has 0 fully saturated rings. The predicted octanol–water partition coefficient (Wildman–Crippen LogP) is 6.71. The van der Waals surface area contributed by atoms with E-state index in [-0.39, 0.29) is 60.3 Å². The van der Waals surface area contributed by atoms with E-state index in [2.05, 4.69) is 20.5 Å². The molecule has 0 atom stereocenters. The van der Waals surface area contributed by atoms with Crippen LogP contribution in [-0.2, 0) is 40.2 Å². The number of benzene rings is 6. The van der Waals surface area contributed by atoms with Crippen LogP contribution in [-0.4, -0.2) is 63.8 Å². The molecule has 0 heterocycles. The van der Waals surface area contributed by atoms with E-state index in [1.165, 1.54) is 54.6 Å². The highest BCUT2D eigenvalue weighted by molar-refractivity contribution is 7.90. The lowest BCUT2D eigenvalue weighted by molar-refractivity contribution is 0.471. The molecule has 58 heavy (non-hydrogen) atoms. The molecule has 0 aromatic heterocycles. The summed E-state index contributed by atoms with van der Waals surface area (Å²) < 4.78 is 129. The molecular weight excluding hydrogens is 841 g/mol. The zero-order valence-electron chi connectivity index (χ0n) is 29.3. The van der Waals surface area contributed by atoms with Crippen molar-refractivity contribution < 1.29 is 57.5 Å². The van der Waals surface area contributed by atoms with E-state index in [0.717, 1.165) is 48.7 Å². The van der Waals surface area contributed by atoms with Crippen LogP contribution in [0.15, 0.2) is 125 Å². The summed E-state index contributed by atoms with van der Waals surface area (Å²) in [5.74, 6) is -1.41. The third kappa shape index (κ3) is 8.64. The Morgan fingerprint density at radius 1 is 0.483 bits per heavy atom. The van der Waals surface area contributed by atoms with Crippen LogP contribution in [0.1, 0.15) is 11.1 Å². The molecule has 0 amide bonds. The van der Waals surface area contributed by atoms with Crippen LogP contribution in [0.2, 0.25) is 0 Å². The molecule has 0 aliphatic heterocycles. The molecule has 0 aliphatic carbocycles. The molecule has 0 saturated heterocycles. The monoisotopic (exact) mass is 868 g/mol. The van der Waals surface area contributed by atoms with Crippen molar-refractivity contribution in [1.29, 1.82) is 0 Å². The third-order valence-electron chi connectivity index (χ3n) is 8.35. The molecule has 6 rings (SSSR count). The van der Waals surface area contributed by atoms with Crippen LogP contribution in [0.4, 0.5) is 34.1 Å². The van der Waals surface area contributed by atoms with E-state index in [9.17, 15) is 57.5 Å². The maximum atomic E-state index is 12.7. The highest BCUT2D eigenvalue weighted by atomic mass is 32.2. The Morgan fingerprint density at radius 3 is 1.36 bits per heavy atom. The van der Waals surface area contributed by atoms with Crippen LogP contribution in [0, 0.1) is 0 Å². The molecule has 0 aliphatic rings. The molecule has 19 nitrogen and oxygen atoms in total. The average molecular weight is 869 g/mol. The van der Waals surface area contributed by atoms with Gasteiger partial charge in [-0.25, -0.2) is 8.42 Å². The molecule has 0 saturated carbocycles. The largest absolute Gasteiger partial charge is 0.505 e. The second-order valence-electron chi connectivity index (χ2n) is 12.5. The molecule has 6 aromatic carbocycles. The van der Waals surface area contributed by atoms with E-state index in [1.807, 2.05) is 0 Å². The molecule has 300 valence electrons. The summed E-state index contributed by atoms with van der Waals surface area (Å²) in [6, 6.07) is 17.0. The number of nitrogens with zero attached hydrogens (tertiary/aromatic N) is 4. The number of fused-ring (bicyclic) bond motifs is 2. The first-order valence-electron chi connectivity index (χ1n) is 15.9. The summed E-state index contributed by atoms with van der Waals surface area (Å²) in [5.41, 5.74) is 9.94. The number of anilines is 2. The molecule has 6 aromatic rings. The highest BCUT2D eigenvalue weighted by Gasteiger charge is 2.24. The zero-order chi connectivity index (χ0) is 42.5. The normalized spacial score (nSPS) is 13.1. The standard InChI is InChI=1S/C35H28N6O13S4/c1-55(44,45)28-11-10-24(38-40-32-30(57(49,50)51)13-19-4-7-22(36)15-26(19)34(32)42)12-21(28)3-2-18-6-9-25(17-29(18)56(46,47)48)39-41-33-31(58(52,53)54)14-20-5-8-23(37)16-27(20)35(33)43/h2-17,42-43H,36-37H2,1H3,(H,46,47,48)(H,49,50,51)(H,52,53,54)/b3-2+,40-38?,41-39?. The number of hydrogen-bond acceptors (Lipinski definition) is 16. The van der Waals surface area contributed by atoms with E-state index in [1.54, 1.807) is 0 Å². The lowest BCUT2D eigenvalue weighted by Crippen LogP contribution is -2.01. The Bertz CT molecular complexity index is 3280. The molecule has 23 heteroatoms. The van der Waals surface area contributed by atoms with Crippen molar-refractivity contribution in [2.45, 2.75) is 19.6 Å². The van der Waals surface area contributed by atoms with Gasteiger partial charge in [0.2, 0.25) is 0 Å². The second-order valence-corrected chi connectivity index (χ2v) is 18.6. The topological polar surface area (TPSA) is 339 Å². The molecular formula is C35H28N6O13S4. The highest BCUT2D eigenvalue weighted by Crippen LogP contribution is 2.43. The number of sulfone groups is 1. The van der Waals surface area contributed by atoms with Gasteiger partial charge in [0, 0.05) is 28.4 Å². The minimum Gasteiger partial charge on any atom is -0.505 e. The van der Waals surface area contributed by atoms with Crippen molar-refractivity contribution in [2.24, 2.45) is 20.5 Å². The Hall–Kier alpha value is -6.34. The van der Waals surface area contributed by atoms with Crippen molar-refractivity contribution >= 4 is 108 Å². The van der Waals surface area contributed by atoms with E-state index < -0.39 is 77.8 Å². The van der Waals surface area contributed by atoms with Gasteiger partial charge in [-0.1, -0.05) is 30.4 Å². The lowest BCUT2D eigenvalue weighted by atomic mass is 10.1. The van der Waals surface area contributed by atoms with Crippen LogP contribution in [0.25, 0.3) is 33.7 Å². The van der Waals surface area contributed by atoms with E-state index >= 15 is 0 Å². The second kappa shape index (κ2) is 14.9. The van der Waals surface area contributed by atoms with Crippen LogP contribution >= 0.6 is 0 Å². The van der Waals surface area contributed by atoms with Gasteiger partial charge in [-0.2, -0.15) is 35.5 Å². The van der Waals surface area contributed by atoms with Gasteiger partial charge in [0.15, 0.2) is 21.3 Å². The van der Waals surface area contributed by atoms with Crippen molar-refractivity contribution in [2.75, 3.05) is 17.7 Å². The number of azo groups is 2. The minimum absolute atomic E-state index is 0.0553. The number of phenols is 2. The smallest absolute Gasteiger partial charge is 0.296 e. The zero-order valence-corrected chi connectivity index (χ0v) is 32.6. The number of rotatable bonds is 10. The molecule has 0 radical (unpaired) electrons. The van der Waals surface area contributed by atoms with Gasteiger partial charge < -0.3 is 21.7 Å². The Balaban J connectivity index is 1.41. The van der Waals surface area contributed by atoms with Crippen molar-refractivity contribution in [3.63, 3.8) is 0 Å². The fourth-order valence-corrected chi connectivity index (χ4v) is 8.60. The molecule has 0 bridgehead atoms. The first-order chi connectivity index (χ1) is 26.9. The van der Waals surface area contributed by atoms with Crippen molar-refractivity contribution in [3.05, 3.63) is 96.1 Å². The third-order valence-corrected chi connectivity index (χ3v) is 12.2. The first-order valence-corrected chi connectivity index (χ1v) is 22.2. The number of nitrogen functional groups attached to an aromatic ring is 2. The van der Waals surface area contributed by atoms with Gasteiger partial charge in [0.25, 0.3) is 30.4 Å². The van der Waals surface area contributed by atoms with Gasteiger partial charge in [-0.15, -0.1) is 10.2 Å². The number of aromatic hydroxyl groups is 2. The summed E-state index contributed by atoms with van der Waals surface area (Å²) in [6.45, 7) is 0. The van der Waals surface area contributed by atoms with Gasteiger partial charge in [-0.3, -0.25) is 13.7 Å².